The number of rotatable bonds is 5. The van der Waals surface area contributed by atoms with Gasteiger partial charge in [0.05, 0.1) is 0 Å². The second kappa shape index (κ2) is 5.45. The lowest BCUT2D eigenvalue weighted by Gasteiger charge is -2.16. The number of carboxylic acids is 1. The minimum absolute atomic E-state index is 0.0538. The van der Waals surface area contributed by atoms with E-state index in [9.17, 15) is 14.4 Å². The van der Waals surface area contributed by atoms with Crippen molar-refractivity contribution in [3.8, 4) is 0 Å². The summed E-state index contributed by atoms with van der Waals surface area (Å²) in [5.41, 5.74) is 0. The van der Waals surface area contributed by atoms with Gasteiger partial charge in [-0.15, -0.1) is 0 Å². The normalized spacial score (nSPS) is 21.3. The summed E-state index contributed by atoms with van der Waals surface area (Å²) in [7, 11) is 0. The monoisotopic (exact) mass is 230 g/mol. The summed E-state index contributed by atoms with van der Waals surface area (Å²) in [5.74, 6) is -1.94. The number of carbonyl (C=O) groups is 3. The summed E-state index contributed by atoms with van der Waals surface area (Å²) in [5, 5.41) is 22.1. The average Bonchev–Trinajstić information content (AvgIpc) is 2.64. The molecule has 4 N–H and O–H groups in total. The smallest absolute Gasteiger partial charge is 0.326 e. The zero-order chi connectivity index (χ0) is 12.1. The fourth-order valence-electron chi connectivity index (χ4n) is 1.47. The van der Waals surface area contributed by atoms with Gasteiger partial charge >= 0.3 is 5.97 Å². The first kappa shape index (κ1) is 12.4. The Morgan fingerprint density at radius 2 is 2.25 bits per heavy atom. The van der Waals surface area contributed by atoms with Gasteiger partial charge in [-0.05, 0) is 6.42 Å². The van der Waals surface area contributed by atoms with Gasteiger partial charge in [0, 0.05) is 19.4 Å². The Bertz CT molecular complexity index is 304. The van der Waals surface area contributed by atoms with Gasteiger partial charge in [0.1, 0.15) is 12.1 Å². The van der Waals surface area contributed by atoms with Crippen LogP contribution < -0.4 is 10.6 Å². The number of amides is 2. The van der Waals surface area contributed by atoms with Gasteiger partial charge < -0.3 is 20.8 Å². The predicted molar refractivity (Wildman–Crippen MR) is 52.4 cm³/mol. The molecule has 90 valence electrons. The van der Waals surface area contributed by atoms with Crippen molar-refractivity contribution in [1.82, 2.24) is 10.6 Å². The van der Waals surface area contributed by atoms with Crippen molar-refractivity contribution in [3.05, 3.63) is 0 Å². The van der Waals surface area contributed by atoms with Crippen LogP contribution in [0.5, 0.6) is 0 Å². The third-order valence-electron chi connectivity index (χ3n) is 2.34. The van der Waals surface area contributed by atoms with E-state index in [0.29, 0.717) is 6.42 Å². The Balaban J connectivity index is 2.48. The topological polar surface area (TPSA) is 116 Å². The van der Waals surface area contributed by atoms with Gasteiger partial charge in [0.25, 0.3) is 0 Å². The summed E-state index contributed by atoms with van der Waals surface area (Å²) < 4.78 is 0. The van der Waals surface area contributed by atoms with Gasteiger partial charge in [0.15, 0.2) is 0 Å². The van der Waals surface area contributed by atoms with E-state index in [1.807, 2.05) is 0 Å². The maximum atomic E-state index is 11.5. The SMILES string of the molecule is O=C1CC[C@H](C(=O)NC(CCO)C(=O)O)N1. The molecule has 0 bridgehead atoms. The standard InChI is InChI=1S/C9H14N2O5/c12-4-3-6(9(15)16)11-8(14)5-1-2-7(13)10-5/h5-6,12H,1-4H2,(H,10,13)(H,11,14)(H,15,16)/t5-,6?/m1/s1. The molecule has 0 aromatic carbocycles. The molecule has 2 amide bonds. The minimum Gasteiger partial charge on any atom is -0.480 e. The number of carboxylic acid groups (broad SMARTS) is 1. The number of carbonyl (C=O) groups excluding carboxylic acids is 2. The van der Waals surface area contributed by atoms with Gasteiger partial charge in [-0.3, -0.25) is 9.59 Å². The van der Waals surface area contributed by atoms with Crippen LogP contribution in [0.2, 0.25) is 0 Å². The first-order valence-electron chi connectivity index (χ1n) is 4.98. The van der Waals surface area contributed by atoms with Crippen LogP contribution in [0.4, 0.5) is 0 Å². The molecule has 0 radical (unpaired) electrons. The third kappa shape index (κ3) is 3.20. The molecule has 0 spiro atoms. The lowest BCUT2D eigenvalue weighted by molar-refractivity contribution is -0.142. The maximum Gasteiger partial charge on any atom is 0.326 e. The Morgan fingerprint density at radius 1 is 1.56 bits per heavy atom. The second-order valence-corrected chi connectivity index (χ2v) is 3.57. The molecular weight excluding hydrogens is 216 g/mol. The molecule has 16 heavy (non-hydrogen) atoms. The second-order valence-electron chi connectivity index (χ2n) is 3.57. The molecule has 1 unspecified atom stereocenters. The highest BCUT2D eigenvalue weighted by Gasteiger charge is 2.29. The number of aliphatic hydroxyl groups is 1. The zero-order valence-electron chi connectivity index (χ0n) is 8.60. The van der Waals surface area contributed by atoms with Gasteiger partial charge in [0.2, 0.25) is 11.8 Å². The van der Waals surface area contributed by atoms with Gasteiger partial charge in [-0.1, -0.05) is 0 Å². The largest absolute Gasteiger partial charge is 0.480 e. The van der Waals surface area contributed by atoms with E-state index in [-0.39, 0.29) is 25.4 Å². The first-order valence-corrected chi connectivity index (χ1v) is 4.98. The molecule has 1 aliphatic rings. The van der Waals surface area contributed by atoms with E-state index in [2.05, 4.69) is 10.6 Å². The Kier molecular flexibility index (Phi) is 4.24. The third-order valence-corrected chi connectivity index (χ3v) is 2.34. The van der Waals surface area contributed by atoms with E-state index in [0.717, 1.165) is 0 Å². The van der Waals surface area contributed by atoms with Crippen molar-refractivity contribution in [2.75, 3.05) is 6.61 Å². The summed E-state index contributed by atoms with van der Waals surface area (Å²) in [6.07, 6.45) is 0.591. The average molecular weight is 230 g/mol. The van der Waals surface area contributed by atoms with E-state index < -0.39 is 24.0 Å². The van der Waals surface area contributed by atoms with Gasteiger partial charge in [-0.25, -0.2) is 4.79 Å². The molecule has 1 aliphatic heterocycles. The van der Waals surface area contributed by atoms with E-state index in [1.165, 1.54) is 0 Å². The molecule has 7 heteroatoms. The quantitative estimate of drug-likeness (QED) is 0.445. The van der Waals surface area contributed by atoms with Crippen LogP contribution in [0.1, 0.15) is 19.3 Å². The van der Waals surface area contributed by atoms with Crippen molar-refractivity contribution in [1.29, 1.82) is 0 Å². The predicted octanol–water partition coefficient (Wildman–Crippen LogP) is -1.78. The van der Waals surface area contributed by atoms with Crippen LogP contribution in [0, 0.1) is 0 Å². The molecule has 0 aliphatic carbocycles. The van der Waals surface area contributed by atoms with Crippen LogP contribution in [0.15, 0.2) is 0 Å². The Hall–Kier alpha value is -1.63. The molecule has 1 fully saturated rings. The highest BCUT2D eigenvalue weighted by atomic mass is 16.4. The summed E-state index contributed by atoms with van der Waals surface area (Å²) in [6.45, 7) is -0.325. The van der Waals surface area contributed by atoms with Crippen molar-refractivity contribution >= 4 is 17.8 Å². The van der Waals surface area contributed by atoms with Crippen LogP contribution in [-0.2, 0) is 14.4 Å². The van der Waals surface area contributed by atoms with Crippen molar-refractivity contribution in [2.45, 2.75) is 31.3 Å². The lowest BCUT2D eigenvalue weighted by atomic mass is 10.1. The van der Waals surface area contributed by atoms with E-state index >= 15 is 0 Å². The Morgan fingerprint density at radius 3 is 2.69 bits per heavy atom. The molecule has 0 aromatic rings. The molecular formula is C9H14N2O5. The highest BCUT2D eigenvalue weighted by molar-refractivity contribution is 5.92. The minimum atomic E-state index is -1.20. The molecule has 1 saturated heterocycles. The van der Waals surface area contributed by atoms with Crippen LogP contribution in [-0.4, -0.2) is 46.7 Å². The molecule has 1 rings (SSSR count). The Labute approximate surface area is 91.8 Å². The summed E-state index contributed by atoms with van der Waals surface area (Å²) in [6, 6.07) is -1.77. The zero-order valence-corrected chi connectivity index (χ0v) is 8.60. The summed E-state index contributed by atoms with van der Waals surface area (Å²) >= 11 is 0. The first-order chi connectivity index (χ1) is 7.54. The highest BCUT2D eigenvalue weighted by Crippen LogP contribution is 2.07. The number of aliphatic carboxylic acids is 1. The lowest BCUT2D eigenvalue weighted by Crippen LogP contribution is -2.49. The molecule has 7 nitrogen and oxygen atoms in total. The number of nitrogens with one attached hydrogen (secondary N) is 2. The number of hydrogen-bond acceptors (Lipinski definition) is 4. The van der Waals surface area contributed by atoms with Crippen molar-refractivity contribution in [2.24, 2.45) is 0 Å². The number of aliphatic hydroxyl groups excluding tert-OH is 1. The molecule has 0 aromatic heterocycles. The van der Waals surface area contributed by atoms with Gasteiger partial charge in [-0.2, -0.15) is 0 Å². The molecule has 2 atom stereocenters. The van der Waals surface area contributed by atoms with Crippen LogP contribution in [0.25, 0.3) is 0 Å². The van der Waals surface area contributed by atoms with E-state index in [4.69, 9.17) is 10.2 Å². The van der Waals surface area contributed by atoms with Crippen molar-refractivity contribution in [3.63, 3.8) is 0 Å². The summed E-state index contributed by atoms with van der Waals surface area (Å²) in [4.78, 5) is 33.1. The molecule has 1 heterocycles. The number of hydrogen-bond donors (Lipinski definition) is 4. The van der Waals surface area contributed by atoms with Crippen molar-refractivity contribution < 1.29 is 24.6 Å². The fraction of sp³-hybridized carbons (Fsp3) is 0.667. The molecule has 0 saturated carbocycles. The van der Waals surface area contributed by atoms with Crippen LogP contribution >= 0.6 is 0 Å². The maximum absolute atomic E-state index is 11.5. The fourth-order valence-corrected chi connectivity index (χ4v) is 1.47. The van der Waals surface area contributed by atoms with E-state index in [1.54, 1.807) is 0 Å². The van der Waals surface area contributed by atoms with Crippen LogP contribution in [0.3, 0.4) is 0 Å².